The van der Waals surface area contributed by atoms with E-state index in [1.165, 1.54) is 42.5 Å². The van der Waals surface area contributed by atoms with Crippen molar-refractivity contribution in [2.75, 3.05) is 31.6 Å². The quantitative estimate of drug-likeness (QED) is 0.181. The number of hydrogen-bond acceptors (Lipinski definition) is 5. The van der Waals surface area contributed by atoms with Crippen molar-refractivity contribution in [1.82, 2.24) is 10.6 Å². The van der Waals surface area contributed by atoms with Gasteiger partial charge in [-0.3, -0.25) is 4.79 Å². The van der Waals surface area contributed by atoms with E-state index in [4.69, 9.17) is 9.47 Å². The lowest BCUT2D eigenvalue weighted by Crippen LogP contribution is -2.47. The fourth-order valence-electron chi connectivity index (χ4n) is 5.76. The summed E-state index contributed by atoms with van der Waals surface area (Å²) in [6.07, 6.45) is -5.81. The molecule has 1 aliphatic carbocycles. The van der Waals surface area contributed by atoms with Gasteiger partial charge < -0.3 is 25.4 Å². The number of halogens is 8. The average Bonchev–Trinajstić information content (AvgIpc) is 3.30. The monoisotopic (exact) mass is 729 g/mol. The van der Waals surface area contributed by atoms with E-state index in [2.05, 4.69) is 10.6 Å². The Hall–Kier alpha value is -4.24. The lowest BCUT2D eigenvalue weighted by atomic mass is 9.86. The lowest BCUT2D eigenvalue weighted by molar-refractivity contribution is -0.123. The summed E-state index contributed by atoms with van der Waals surface area (Å²) in [6.45, 7) is 0.687. The molecule has 2 aromatic carbocycles. The van der Waals surface area contributed by atoms with Crippen molar-refractivity contribution in [3.8, 4) is 0 Å². The fraction of sp³-hybridized carbons (Fsp3) is 0.444. The van der Waals surface area contributed by atoms with Crippen molar-refractivity contribution in [3.05, 3.63) is 100 Å². The molecule has 0 spiro atoms. The molecule has 1 saturated heterocycles. The highest BCUT2D eigenvalue weighted by Gasteiger charge is 2.34. The van der Waals surface area contributed by atoms with Crippen LogP contribution in [-0.4, -0.2) is 62.8 Å². The number of carbonyl (C=O) groups excluding carboxylic acids is 2. The van der Waals surface area contributed by atoms with Crippen LogP contribution in [0.1, 0.15) is 56.1 Å². The molecule has 0 saturated carbocycles. The minimum Gasteiger partial charge on any atom is -0.449 e. The molecule has 2 amide bonds. The first-order valence-electron chi connectivity index (χ1n) is 16.4. The van der Waals surface area contributed by atoms with Gasteiger partial charge in [0.05, 0.1) is 24.9 Å². The molecule has 0 aromatic heterocycles. The van der Waals surface area contributed by atoms with Crippen LogP contribution in [0.25, 0.3) is 0 Å². The molecule has 1 aliphatic heterocycles. The number of benzene rings is 2. The molecule has 0 bridgehead atoms. The maximum absolute atomic E-state index is 15.1. The Bertz CT molecular complexity index is 1590. The number of anilines is 1. The van der Waals surface area contributed by atoms with Crippen LogP contribution in [0.4, 0.5) is 45.6 Å². The summed E-state index contributed by atoms with van der Waals surface area (Å²) in [5.74, 6) is -2.57. The number of ether oxygens (including phenoxy) is 2. The van der Waals surface area contributed by atoms with Gasteiger partial charge in [0.15, 0.2) is 0 Å². The number of morpholine rings is 1. The number of amides is 2. The van der Waals surface area contributed by atoms with E-state index < -0.39 is 54.0 Å². The van der Waals surface area contributed by atoms with Crippen molar-refractivity contribution in [3.63, 3.8) is 0 Å². The third-order valence-electron chi connectivity index (χ3n) is 8.54. The Morgan fingerprint density at radius 2 is 1.76 bits per heavy atom. The number of alkyl carbamates (subject to hydrolysis) is 1. The van der Waals surface area contributed by atoms with E-state index in [-0.39, 0.29) is 67.9 Å². The van der Waals surface area contributed by atoms with E-state index in [9.17, 15) is 40.3 Å². The van der Waals surface area contributed by atoms with Crippen LogP contribution < -0.4 is 16.0 Å². The zero-order valence-corrected chi connectivity index (χ0v) is 27.7. The van der Waals surface area contributed by atoms with Crippen molar-refractivity contribution < 1.29 is 54.2 Å². The number of nitrogens with one attached hydrogen (secondary N) is 3. The van der Waals surface area contributed by atoms with Crippen LogP contribution in [0.3, 0.4) is 0 Å². The van der Waals surface area contributed by atoms with Gasteiger partial charge in [0.1, 0.15) is 18.2 Å². The first-order valence-corrected chi connectivity index (χ1v) is 16.4. The lowest BCUT2D eigenvalue weighted by Gasteiger charge is -2.30. The van der Waals surface area contributed by atoms with E-state index in [0.717, 1.165) is 12.2 Å². The zero-order valence-electron chi connectivity index (χ0n) is 27.7. The third kappa shape index (κ3) is 12.5. The SMILES string of the molecule is CCC1=CC(C(F)(F)F)=CC(C(CC(=O)Nc2cccc(F)c2CCC2CNC(CCOC(=O)NCC(F)(F)F)CO2)c2ccc(F)cc2)=CC1. The summed E-state index contributed by atoms with van der Waals surface area (Å²) in [6, 6.07) is 9.14. The first kappa shape index (κ1) is 39.5. The number of allylic oxidation sites excluding steroid dienone is 6. The van der Waals surface area contributed by atoms with Crippen molar-refractivity contribution >= 4 is 17.7 Å². The zero-order chi connectivity index (χ0) is 37.2. The summed E-state index contributed by atoms with van der Waals surface area (Å²) < 4.78 is 118. The maximum Gasteiger partial charge on any atom is 0.416 e. The van der Waals surface area contributed by atoms with Gasteiger partial charge in [-0.2, -0.15) is 26.3 Å². The largest absolute Gasteiger partial charge is 0.449 e. The second-order valence-electron chi connectivity index (χ2n) is 12.3. The van der Waals surface area contributed by atoms with Gasteiger partial charge in [0.2, 0.25) is 5.91 Å². The Morgan fingerprint density at radius 1 is 1.02 bits per heavy atom. The van der Waals surface area contributed by atoms with Gasteiger partial charge in [0.25, 0.3) is 0 Å². The summed E-state index contributed by atoms with van der Waals surface area (Å²) in [5.41, 5.74) is 0.796. The Labute approximate surface area is 290 Å². The van der Waals surface area contributed by atoms with Crippen LogP contribution >= 0.6 is 0 Å². The highest BCUT2D eigenvalue weighted by molar-refractivity contribution is 5.92. The fourth-order valence-corrected chi connectivity index (χ4v) is 5.76. The molecule has 7 nitrogen and oxygen atoms in total. The Kier molecular flexibility index (Phi) is 13.8. The standard InChI is InChI=1S/C36H39F8N3O4/c1-2-22-6-7-24(17-25(16-22)36(42,43)44)30(23-8-10-26(37)11-9-23)18-33(48)47-32-5-3-4-31(38)29(32)13-12-28-19-45-27(20-51-28)14-15-50-34(49)46-21-35(39,40)41/h3-5,7-11,16-17,27-28,30,45H,2,6,12-15,18-21H2,1H3,(H,46,49)(H,47,48). The molecule has 2 aromatic rings. The minimum atomic E-state index is -4.64. The topological polar surface area (TPSA) is 88.7 Å². The smallest absolute Gasteiger partial charge is 0.416 e. The predicted molar refractivity (Wildman–Crippen MR) is 174 cm³/mol. The minimum absolute atomic E-state index is 0.136. The van der Waals surface area contributed by atoms with Gasteiger partial charge in [-0.15, -0.1) is 0 Å². The highest BCUT2D eigenvalue weighted by Crippen LogP contribution is 2.38. The number of rotatable bonds is 13. The van der Waals surface area contributed by atoms with Crippen molar-refractivity contribution in [1.29, 1.82) is 0 Å². The van der Waals surface area contributed by atoms with E-state index >= 15 is 4.39 Å². The summed E-state index contributed by atoms with van der Waals surface area (Å²) in [4.78, 5) is 24.9. The van der Waals surface area contributed by atoms with Crippen LogP contribution in [-0.2, 0) is 20.7 Å². The molecule has 3 N–H and O–H groups in total. The van der Waals surface area contributed by atoms with Crippen LogP contribution in [0, 0.1) is 11.6 Å². The van der Waals surface area contributed by atoms with E-state index in [1.807, 2.05) is 0 Å². The molecular weight excluding hydrogens is 690 g/mol. The van der Waals surface area contributed by atoms with Crippen LogP contribution in [0.5, 0.6) is 0 Å². The van der Waals surface area contributed by atoms with E-state index in [0.29, 0.717) is 30.5 Å². The molecule has 15 heteroatoms. The molecule has 3 atom stereocenters. The summed E-state index contributed by atoms with van der Waals surface area (Å²) in [5, 5.41) is 7.54. The number of hydrogen-bond donors (Lipinski definition) is 3. The average molecular weight is 730 g/mol. The molecule has 1 heterocycles. The molecule has 0 radical (unpaired) electrons. The number of carbonyl (C=O) groups is 2. The normalized spacial score (nSPS) is 18.9. The summed E-state index contributed by atoms with van der Waals surface area (Å²) >= 11 is 0. The molecule has 3 unspecified atom stereocenters. The van der Waals surface area contributed by atoms with Gasteiger partial charge in [0, 0.05) is 36.2 Å². The second kappa shape index (κ2) is 17.8. The Balaban J connectivity index is 1.38. The van der Waals surface area contributed by atoms with Gasteiger partial charge in [-0.1, -0.05) is 42.8 Å². The predicted octanol–water partition coefficient (Wildman–Crippen LogP) is 8.20. The molecular formula is C36H39F8N3O4. The van der Waals surface area contributed by atoms with Gasteiger partial charge in [-0.05, 0) is 73.6 Å². The highest BCUT2D eigenvalue weighted by atomic mass is 19.4. The van der Waals surface area contributed by atoms with Crippen LogP contribution in [0.2, 0.25) is 0 Å². The molecule has 278 valence electrons. The van der Waals surface area contributed by atoms with E-state index in [1.54, 1.807) is 18.3 Å². The maximum atomic E-state index is 15.1. The second-order valence-corrected chi connectivity index (χ2v) is 12.3. The first-order chi connectivity index (χ1) is 24.1. The molecule has 4 rings (SSSR count). The van der Waals surface area contributed by atoms with Gasteiger partial charge in [-0.25, -0.2) is 13.6 Å². The van der Waals surface area contributed by atoms with Gasteiger partial charge >= 0.3 is 18.4 Å². The molecule has 2 aliphatic rings. The van der Waals surface area contributed by atoms with Crippen molar-refractivity contribution in [2.24, 2.45) is 0 Å². The molecule has 51 heavy (non-hydrogen) atoms. The van der Waals surface area contributed by atoms with Crippen LogP contribution in [0.15, 0.2) is 77.4 Å². The number of alkyl halides is 6. The molecule has 1 fully saturated rings. The summed E-state index contributed by atoms with van der Waals surface area (Å²) in [7, 11) is 0. The third-order valence-corrected chi connectivity index (χ3v) is 8.54. The van der Waals surface area contributed by atoms with Crippen molar-refractivity contribution in [2.45, 2.75) is 75.9 Å². The Morgan fingerprint density at radius 3 is 2.41 bits per heavy atom.